The summed E-state index contributed by atoms with van der Waals surface area (Å²) >= 11 is 5.81. The maximum atomic E-state index is 5.81. The molecule has 0 bridgehead atoms. The number of aromatic nitrogens is 1. The second-order valence-corrected chi connectivity index (χ2v) is 4.47. The van der Waals surface area contributed by atoms with E-state index in [2.05, 4.69) is 15.2 Å². The predicted octanol–water partition coefficient (Wildman–Crippen LogP) is 1.87. The second kappa shape index (κ2) is 6.79. The van der Waals surface area contributed by atoms with Gasteiger partial charge >= 0.3 is 0 Å². The predicted molar refractivity (Wildman–Crippen MR) is 69.6 cm³/mol. The summed E-state index contributed by atoms with van der Waals surface area (Å²) < 4.78 is 5.31. The highest BCUT2D eigenvalue weighted by Gasteiger charge is 2.08. The van der Waals surface area contributed by atoms with E-state index < -0.39 is 0 Å². The Balaban J connectivity index is 1.62. The molecule has 1 aromatic rings. The van der Waals surface area contributed by atoms with Crippen LogP contribution in [0, 0.1) is 0 Å². The highest BCUT2D eigenvalue weighted by molar-refractivity contribution is 6.29. The third-order valence-corrected chi connectivity index (χ3v) is 2.99. The van der Waals surface area contributed by atoms with Crippen molar-refractivity contribution in [1.29, 1.82) is 0 Å². The number of hydrogen-bond acceptors (Lipinski definition) is 4. The van der Waals surface area contributed by atoms with Crippen molar-refractivity contribution in [3.63, 3.8) is 0 Å². The topological polar surface area (TPSA) is 37.4 Å². The van der Waals surface area contributed by atoms with Crippen molar-refractivity contribution in [2.45, 2.75) is 6.42 Å². The third-order valence-electron chi connectivity index (χ3n) is 2.78. The summed E-state index contributed by atoms with van der Waals surface area (Å²) in [7, 11) is 0. The first-order chi connectivity index (χ1) is 8.34. The molecule has 5 heteroatoms. The van der Waals surface area contributed by atoms with E-state index in [1.807, 2.05) is 12.1 Å². The standard InChI is InChI=1S/C12H18ClN3O/c13-11-3-1-4-12(15-11)14-5-2-6-16-7-9-17-10-8-16/h1,3-4H,2,5-10H2,(H,14,15). The second-order valence-electron chi connectivity index (χ2n) is 4.08. The van der Waals surface area contributed by atoms with E-state index >= 15 is 0 Å². The summed E-state index contributed by atoms with van der Waals surface area (Å²) in [5, 5.41) is 3.80. The van der Waals surface area contributed by atoms with Gasteiger partial charge in [-0.3, -0.25) is 4.90 Å². The lowest BCUT2D eigenvalue weighted by atomic mass is 10.3. The molecule has 0 radical (unpaired) electrons. The Morgan fingerprint density at radius 2 is 2.18 bits per heavy atom. The number of hydrogen-bond donors (Lipinski definition) is 1. The van der Waals surface area contributed by atoms with Crippen molar-refractivity contribution in [2.75, 3.05) is 44.7 Å². The van der Waals surface area contributed by atoms with Crippen molar-refractivity contribution in [3.05, 3.63) is 23.4 Å². The number of rotatable bonds is 5. The number of halogens is 1. The van der Waals surface area contributed by atoms with Crippen molar-refractivity contribution in [1.82, 2.24) is 9.88 Å². The van der Waals surface area contributed by atoms with Crippen molar-refractivity contribution < 1.29 is 4.74 Å². The summed E-state index contributed by atoms with van der Waals surface area (Å²) in [5.41, 5.74) is 0. The number of nitrogens with one attached hydrogen (secondary N) is 1. The van der Waals surface area contributed by atoms with E-state index in [1.165, 1.54) is 0 Å². The lowest BCUT2D eigenvalue weighted by molar-refractivity contribution is 0.0378. The first-order valence-electron chi connectivity index (χ1n) is 6.01. The van der Waals surface area contributed by atoms with E-state index in [-0.39, 0.29) is 0 Å². The third kappa shape index (κ3) is 4.50. The first-order valence-corrected chi connectivity index (χ1v) is 6.39. The summed E-state index contributed by atoms with van der Waals surface area (Å²) in [4.78, 5) is 6.61. The molecule has 0 atom stereocenters. The fourth-order valence-electron chi connectivity index (χ4n) is 1.85. The molecule has 1 aromatic heterocycles. The minimum absolute atomic E-state index is 0.531. The van der Waals surface area contributed by atoms with Gasteiger partial charge in [0.15, 0.2) is 0 Å². The van der Waals surface area contributed by atoms with Gasteiger partial charge in [-0.05, 0) is 25.1 Å². The van der Waals surface area contributed by atoms with Gasteiger partial charge in [-0.15, -0.1) is 0 Å². The summed E-state index contributed by atoms with van der Waals surface area (Å²) in [6, 6.07) is 5.61. The Labute approximate surface area is 107 Å². The average molecular weight is 256 g/mol. The number of nitrogens with zero attached hydrogens (tertiary/aromatic N) is 2. The fraction of sp³-hybridized carbons (Fsp3) is 0.583. The van der Waals surface area contributed by atoms with Crippen LogP contribution in [0.25, 0.3) is 0 Å². The molecular formula is C12H18ClN3O. The molecule has 17 heavy (non-hydrogen) atoms. The maximum absolute atomic E-state index is 5.81. The quantitative estimate of drug-likeness (QED) is 0.644. The zero-order valence-corrected chi connectivity index (χ0v) is 10.6. The molecule has 1 fully saturated rings. The zero-order valence-electron chi connectivity index (χ0n) is 9.86. The van der Waals surface area contributed by atoms with Gasteiger partial charge in [0, 0.05) is 19.6 Å². The highest BCUT2D eigenvalue weighted by atomic mass is 35.5. The molecule has 0 aliphatic carbocycles. The molecule has 4 nitrogen and oxygen atoms in total. The zero-order chi connectivity index (χ0) is 11.9. The molecular weight excluding hydrogens is 238 g/mol. The van der Waals surface area contributed by atoms with Crippen LogP contribution in [0.4, 0.5) is 5.82 Å². The molecule has 0 unspecified atom stereocenters. The van der Waals surface area contributed by atoms with Gasteiger partial charge in [-0.2, -0.15) is 0 Å². The summed E-state index contributed by atoms with van der Waals surface area (Å²) in [6.45, 7) is 5.86. The molecule has 0 spiro atoms. The van der Waals surface area contributed by atoms with Gasteiger partial charge in [0.25, 0.3) is 0 Å². The Bertz CT molecular complexity index is 342. The molecule has 94 valence electrons. The smallest absolute Gasteiger partial charge is 0.131 e. The minimum atomic E-state index is 0.531. The maximum Gasteiger partial charge on any atom is 0.131 e. The number of morpholine rings is 1. The van der Waals surface area contributed by atoms with Gasteiger partial charge in [0.05, 0.1) is 13.2 Å². The first kappa shape index (κ1) is 12.6. The Hall–Kier alpha value is -0.840. The molecule has 1 aliphatic heterocycles. The van der Waals surface area contributed by atoms with Gasteiger partial charge in [-0.1, -0.05) is 17.7 Å². The van der Waals surface area contributed by atoms with Crippen LogP contribution < -0.4 is 5.32 Å². The van der Waals surface area contributed by atoms with E-state index in [4.69, 9.17) is 16.3 Å². The largest absolute Gasteiger partial charge is 0.379 e. The fourth-order valence-corrected chi connectivity index (χ4v) is 2.01. The number of pyridine rings is 1. The van der Waals surface area contributed by atoms with Crippen LogP contribution in [0.3, 0.4) is 0 Å². The van der Waals surface area contributed by atoms with Crippen molar-refractivity contribution in [3.8, 4) is 0 Å². The Morgan fingerprint density at radius 1 is 1.35 bits per heavy atom. The van der Waals surface area contributed by atoms with Crippen LogP contribution in [0.15, 0.2) is 18.2 Å². The molecule has 0 amide bonds. The summed E-state index contributed by atoms with van der Waals surface area (Å²) in [6.07, 6.45) is 1.11. The molecule has 0 aromatic carbocycles. The average Bonchev–Trinajstić information content (AvgIpc) is 2.36. The van der Waals surface area contributed by atoms with Crippen LogP contribution in [-0.4, -0.2) is 49.3 Å². The van der Waals surface area contributed by atoms with E-state index in [9.17, 15) is 0 Å². The number of anilines is 1. The SMILES string of the molecule is Clc1cccc(NCCCN2CCOCC2)n1. The van der Waals surface area contributed by atoms with Gasteiger partial charge < -0.3 is 10.1 Å². The van der Waals surface area contributed by atoms with Gasteiger partial charge in [0.1, 0.15) is 11.0 Å². The van der Waals surface area contributed by atoms with Crippen LogP contribution in [0.5, 0.6) is 0 Å². The number of ether oxygens (including phenoxy) is 1. The molecule has 1 aliphatic rings. The van der Waals surface area contributed by atoms with Crippen LogP contribution in [0.1, 0.15) is 6.42 Å². The van der Waals surface area contributed by atoms with Crippen LogP contribution in [0.2, 0.25) is 5.15 Å². The summed E-state index contributed by atoms with van der Waals surface area (Å²) in [5.74, 6) is 0.847. The van der Waals surface area contributed by atoms with E-state index in [0.717, 1.165) is 51.6 Å². The van der Waals surface area contributed by atoms with E-state index in [0.29, 0.717) is 5.15 Å². The highest BCUT2D eigenvalue weighted by Crippen LogP contribution is 2.09. The monoisotopic (exact) mass is 255 g/mol. The molecule has 2 rings (SSSR count). The van der Waals surface area contributed by atoms with Gasteiger partial charge in [0.2, 0.25) is 0 Å². The van der Waals surface area contributed by atoms with Crippen LogP contribution >= 0.6 is 11.6 Å². The van der Waals surface area contributed by atoms with Crippen LogP contribution in [-0.2, 0) is 4.74 Å². The Kier molecular flexibility index (Phi) is 5.04. The Morgan fingerprint density at radius 3 is 2.94 bits per heavy atom. The van der Waals surface area contributed by atoms with Crippen molar-refractivity contribution in [2.24, 2.45) is 0 Å². The normalized spacial score (nSPS) is 17.0. The molecule has 1 N–H and O–H groups in total. The molecule has 0 saturated carbocycles. The molecule has 2 heterocycles. The van der Waals surface area contributed by atoms with E-state index in [1.54, 1.807) is 6.07 Å². The van der Waals surface area contributed by atoms with Gasteiger partial charge in [-0.25, -0.2) is 4.98 Å². The minimum Gasteiger partial charge on any atom is -0.379 e. The molecule has 1 saturated heterocycles. The lowest BCUT2D eigenvalue weighted by Gasteiger charge is -2.26. The van der Waals surface area contributed by atoms with Crippen molar-refractivity contribution >= 4 is 17.4 Å². The lowest BCUT2D eigenvalue weighted by Crippen LogP contribution is -2.37.